The Morgan fingerprint density at radius 1 is 1.07 bits per heavy atom. The van der Waals surface area contributed by atoms with Crippen molar-refractivity contribution in [3.63, 3.8) is 0 Å². The number of hydrogen-bond acceptors (Lipinski definition) is 4. The lowest BCUT2D eigenvalue weighted by Crippen LogP contribution is -2.49. The lowest BCUT2D eigenvalue weighted by molar-refractivity contribution is -0.135. The van der Waals surface area contributed by atoms with Crippen LogP contribution in [0.4, 0.5) is 11.4 Å². The third kappa shape index (κ3) is 4.07. The zero-order chi connectivity index (χ0) is 19.5. The van der Waals surface area contributed by atoms with Gasteiger partial charge < -0.3 is 19.9 Å². The van der Waals surface area contributed by atoms with E-state index in [1.807, 2.05) is 47.4 Å². The van der Waals surface area contributed by atoms with Gasteiger partial charge in [-0.15, -0.1) is 0 Å². The van der Waals surface area contributed by atoms with E-state index in [0.717, 1.165) is 18.8 Å². The molecule has 4 rings (SSSR count). The monoisotopic (exact) mass is 399 g/mol. The second-order valence-corrected chi connectivity index (χ2v) is 7.48. The molecule has 6 nitrogen and oxygen atoms in total. The highest BCUT2D eigenvalue weighted by molar-refractivity contribution is 6.30. The van der Waals surface area contributed by atoms with Crippen molar-refractivity contribution < 1.29 is 14.3 Å². The number of anilines is 2. The van der Waals surface area contributed by atoms with Crippen LogP contribution in [0.1, 0.15) is 6.42 Å². The summed E-state index contributed by atoms with van der Waals surface area (Å²) in [5.74, 6) is -0.0277. The highest BCUT2D eigenvalue weighted by atomic mass is 35.5. The smallest absolute Gasteiger partial charge is 0.231 e. The average Bonchev–Trinajstić information content (AvgIpc) is 2.87. The number of rotatable bonds is 3. The molecule has 2 heterocycles. The van der Waals surface area contributed by atoms with Crippen LogP contribution in [-0.4, -0.2) is 49.5 Å². The molecule has 0 spiro atoms. The molecular weight excluding hydrogens is 378 g/mol. The molecular formula is C21H22ClN3O3. The van der Waals surface area contributed by atoms with E-state index in [1.165, 1.54) is 0 Å². The largest absolute Gasteiger partial charge is 0.491 e. The topological polar surface area (TPSA) is 61.9 Å². The molecule has 2 amide bonds. The van der Waals surface area contributed by atoms with Crippen molar-refractivity contribution in [3.05, 3.63) is 53.6 Å². The van der Waals surface area contributed by atoms with Gasteiger partial charge >= 0.3 is 0 Å². The predicted molar refractivity (Wildman–Crippen MR) is 109 cm³/mol. The molecule has 1 fully saturated rings. The zero-order valence-electron chi connectivity index (χ0n) is 15.4. The molecule has 0 aliphatic carbocycles. The minimum atomic E-state index is -0.491. The second-order valence-electron chi connectivity index (χ2n) is 7.04. The Morgan fingerprint density at radius 3 is 2.54 bits per heavy atom. The van der Waals surface area contributed by atoms with Crippen LogP contribution >= 0.6 is 11.6 Å². The van der Waals surface area contributed by atoms with Gasteiger partial charge in [-0.25, -0.2) is 0 Å². The van der Waals surface area contributed by atoms with Gasteiger partial charge in [0, 0.05) is 43.3 Å². The lowest BCUT2D eigenvalue weighted by Gasteiger charge is -2.36. The summed E-state index contributed by atoms with van der Waals surface area (Å²) in [4.78, 5) is 29.3. The maximum Gasteiger partial charge on any atom is 0.231 e. The van der Waals surface area contributed by atoms with E-state index in [-0.39, 0.29) is 24.8 Å². The molecule has 2 aliphatic heterocycles. The summed E-state index contributed by atoms with van der Waals surface area (Å²) < 4.78 is 5.73. The summed E-state index contributed by atoms with van der Waals surface area (Å²) >= 11 is 5.95. The van der Waals surface area contributed by atoms with Crippen LogP contribution in [0.5, 0.6) is 5.75 Å². The third-order valence-electron chi connectivity index (χ3n) is 5.20. The fraction of sp³-hybridized carbons (Fsp3) is 0.333. The highest BCUT2D eigenvalue weighted by Gasteiger charge is 2.30. The Bertz CT molecular complexity index is 863. The minimum Gasteiger partial charge on any atom is -0.491 e. The Kier molecular flexibility index (Phi) is 5.39. The van der Waals surface area contributed by atoms with E-state index < -0.39 is 5.92 Å². The summed E-state index contributed by atoms with van der Waals surface area (Å²) in [7, 11) is 0. The average molecular weight is 400 g/mol. The number of carbonyl (C=O) groups excluding carboxylic acids is 2. The van der Waals surface area contributed by atoms with E-state index in [4.69, 9.17) is 16.3 Å². The van der Waals surface area contributed by atoms with Crippen LogP contribution in [-0.2, 0) is 9.59 Å². The fourth-order valence-electron chi connectivity index (χ4n) is 3.55. The molecule has 0 aromatic heterocycles. The Hall–Kier alpha value is -2.73. The lowest BCUT2D eigenvalue weighted by atomic mass is 10.0. The first-order valence-corrected chi connectivity index (χ1v) is 9.79. The molecule has 0 bridgehead atoms. The molecule has 2 aromatic carbocycles. The van der Waals surface area contributed by atoms with Gasteiger partial charge in [-0.1, -0.05) is 23.7 Å². The first-order valence-electron chi connectivity index (χ1n) is 9.41. The van der Waals surface area contributed by atoms with Crippen LogP contribution in [0.15, 0.2) is 48.5 Å². The predicted octanol–water partition coefficient (Wildman–Crippen LogP) is 3.03. The molecule has 0 radical (unpaired) electrons. The van der Waals surface area contributed by atoms with Crippen molar-refractivity contribution in [3.8, 4) is 5.75 Å². The number of benzene rings is 2. The Labute approximate surface area is 169 Å². The number of ether oxygens (including phenoxy) is 1. The molecule has 1 atom stereocenters. The summed E-state index contributed by atoms with van der Waals surface area (Å²) in [5, 5.41) is 3.57. The van der Waals surface area contributed by atoms with Crippen molar-refractivity contribution in [2.24, 2.45) is 5.92 Å². The fourth-order valence-corrected chi connectivity index (χ4v) is 3.68. The Balaban J connectivity index is 1.32. The number of para-hydroxylation sites is 2. The number of nitrogens with one attached hydrogen (secondary N) is 1. The molecule has 146 valence electrons. The minimum absolute atomic E-state index is 0.00883. The number of fused-ring (bicyclic) bond motifs is 1. The number of amides is 2. The van der Waals surface area contributed by atoms with E-state index in [0.29, 0.717) is 29.5 Å². The quantitative estimate of drug-likeness (QED) is 0.861. The number of hydrogen-bond donors (Lipinski definition) is 1. The van der Waals surface area contributed by atoms with Crippen molar-refractivity contribution in [2.75, 3.05) is 43.0 Å². The maximum absolute atomic E-state index is 12.7. The van der Waals surface area contributed by atoms with Crippen LogP contribution in [0.2, 0.25) is 5.02 Å². The molecule has 2 aliphatic rings. The van der Waals surface area contributed by atoms with Crippen LogP contribution in [0, 0.1) is 5.92 Å². The van der Waals surface area contributed by atoms with Gasteiger partial charge in [0.2, 0.25) is 11.8 Å². The molecule has 2 aromatic rings. The van der Waals surface area contributed by atoms with Crippen molar-refractivity contribution in [1.29, 1.82) is 0 Å². The first kappa shape index (κ1) is 18.6. The van der Waals surface area contributed by atoms with Gasteiger partial charge in [-0.05, 0) is 36.4 Å². The zero-order valence-corrected chi connectivity index (χ0v) is 16.2. The van der Waals surface area contributed by atoms with E-state index in [1.54, 1.807) is 6.07 Å². The summed E-state index contributed by atoms with van der Waals surface area (Å²) in [5.41, 5.74) is 1.75. The van der Waals surface area contributed by atoms with E-state index >= 15 is 0 Å². The normalized spacial score (nSPS) is 19.3. The Morgan fingerprint density at radius 2 is 1.79 bits per heavy atom. The second kappa shape index (κ2) is 8.10. The van der Waals surface area contributed by atoms with E-state index in [9.17, 15) is 9.59 Å². The third-order valence-corrected chi connectivity index (χ3v) is 5.45. The number of piperazine rings is 1. The summed E-state index contributed by atoms with van der Waals surface area (Å²) in [6.07, 6.45) is 0.154. The molecule has 1 saturated heterocycles. The molecule has 1 unspecified atom stereocenters. The summed E-state index contributed by atoms with van der Waals surface area (Å²) in [6.45, 7) is 2.99. The maximum atomic E-state index is 12.7. The van der Waals surface area contributed by atoms with Gasteiger partial charge in [-0.3, -0.25) is 9.59 Å². The van der Waals surface area contributed by atoms with Crippen molar-refractivity contribution >= 4 is 34.8 Å². The molecule has 7 heteroatoms. The molecule has 0 saturated carbocycles. The van der Waals surface area contributed by atoms with Gasteiger partial charge in [0.05, 0.1) is 11.6 Å². The first-order chi connectivity index (χ1) is 13.6. The number of carbonyl (C=O) groups is 2. The van der Waals surface area contributed by atoms with Crippen LogP contribution in [0.3, 0.4) is 0 Å². The SMILES string of the molecule is O=C1Nc2ccccc2OCC1CC(=O)N1CCN(c2ccc(Cl)cc2)CC1. The standard InChI is InChI=1S/C21H22ClN3O3/c22-16-5-7-17(8-6-16)24-9-11-25(12-10-24)20(26)13-15-14-28-19-4-2-1-3-18(19)23-21(15)27/h1-8,15H,9-14H2,(H,23,27). The molecule has 1 N–H and O–H groups in total. The van der Waals surface area contributed by atoms with E-state index in [2.05, 4.69) is 10.2 Å². The summed E-state index contributed by atoms with van der Waals surface area (Å²) in [6, 6.07) is 15.0. The number of nitrogens with zero attached hydrogens (tertiary/aromatic N) is 2. The molecule has 28 heavy (non-hydrogen) atoms. The van der Waals surface area contributed by atoms with Gasteiger partial charge in [0.1, 0.15) is 12.4 Å². The van der Waals surface area contributed by atoms with Crippen LogP contribution < -0.4 is 15.0 Å². The van der Waals surface area contributed by atoms with Gasteiger partial charge in [0.15, 0.2) is 0 Å². The van der Waals surface area contributed by atoms with Gasteiger partial charge in [0.25, 0.3) is 0 Å². The van der Waals surface area contributed by atoms with Crippen molar-refractivity contribution in [2.45, 2.75) is 6.42 Å². The van der Waals surface area contributed by atoms with Gasteiger partial charge in [-0.2, -0.15) is 0 Å². The number of halogens is 1. The van der Waals surface area contributed by atoms with Crippen molar-refractivity contribution in [1.82, 2.24) is 4.90 Å². The van der Waals surface area contributed by atoms with Crippen LogP contribution in [0.25, 0.3) is 0 Å². The highest BCUT2D eigenvalue weighted by Crippen LogP contribution is 2.28.